The van der Waals surface area contributed by atoms with Crippen LogP contribution in [-0.2, 0) is 0 Å². The van der Waals surface area contributed by atoms with Gasteiger partial charge in [0, 0.05) is 15.4 Å². The molecule has 0 saturated carbocycles. The van der Waals surface area contributed by atoms with Crippen LogP contribution in [0.4, 0.5) is 5.13 Å². The third-order valence-corrected chi connectivity index (χ3v) is 4.09. The summed E-state index contributed by atoms with van der Waals surface area (Å²) in [6, 6.07) is 18.1. The normalized spacial score (nSPS) is 10.9. The number of halogens is 1. The molecule has 1 N–H and O–H groups in total. The Morgan fingerprint density at radius 2 is 1.81 bits per heavy atom. The van der Waals surface area contributed by atoms with Gasteiger partial charge in [0.15, 0.2) is 0 Å². The lowest BCUT2D eigenvalue weighted by atomic mass is 10.2. The van der Waals surface area contributed by atoms with Gasteiger partial charge in [0.25, 0.3) is 0 Å². The number of anilines is 1. The van der Waals surface area contributed by atoms with Gasteiger partial charge >= 0.3 is 0 Å². The first kappa shape index (κ1) is 14.0. The maximum Gasteiger partial charge on any atom is 0.203 e. The number of nitrogens with one attached hydrogen (secondary N) is 1. The van der Waals surface area contributed by atoms with Gasteiger partial charge in [-0.1, -0.05) is 58.4 Å². The van der Waals surface area contributed by atoms with Crippen LogP contribution in [-0.4, -0.2) is 11.2 Å². The fourth-order valence-corrected chi connectivity index (χ4v) is 2.71. The quantitative estimate of drug-likeness (QED) is 0.525. The van der Waals surface area contributed by atoms with Crippen LogP contribution in [0.5, 0.6) is 0 Å². The molecule has 1 heterocycles. The van der Waals surface area contributed by atoms with Gasteiger partial charge in [-0.05, 0) is 17.7 Å². The van der Waals surface area contributed by atoms with Crippen molar-refractivity contribution in [2.75, 3.05) is 5.43 Å². The summed E-state index contributed by atoms with van der Waals surface area (Å²) >= 11 is 4.95. The lowest BCUT2D eigenvalue weighted by Crippen LogP contribution is -1.90. The van der Waals surface area contributed by atoms with E-state index in [1.807, 2.05) is 60.0 Å². The Morgan fingerprint density at radius 3 is 2.57 bits per heavy atom. The summed E-state index contributed by atoms with van der Waals surface area (Å²) in [6.45, 7) is 0. The van der Waals surface area contributed by atoms with Crippen molar-refractivity contribution in [1.82, 2.24) is 4.98 Å². The third-order valence-electron chi connectivity index (χ3n) is 2.82. The highest BCUT2D eigenvalue weighted by Crippen LogP contribution is 2.24. The Labute approximate surface area is 135 Å². The maximum absolute atomic E-state index is 4.51. The number of thiazole rings is 1. The van der Waals surface area contributed by atoms with Crippen LogP contribution in [0, 0.1) is 0 Å². The minimum atomic E-state index is 0.780. The van der Waals surface area contributed by atoms with Crippen LogP contribution in [0.15, 0.2) is 69.6 Å². The van der Waals surface area contributed by atoms with E-state index < -0.39 is 0 Å². The highest BCUT2D eigenvalue weighted by molar-refractivity contribution is 9.10. The molecular formula is C16H12BrN3S. The predicted octanol–water partition coefficient (Wildman–Crippen LogP) is 5.02. The van der Waals surface area contributed by atoms with Crippen molar-refractivity contribution in [2.45, 2.75) is 0 Å². The molecule has 0 unspecified atom stereocenters. The van der Waals surface area contributed by atoms with Gasteiger partial charge in [-0.2, -0.15) is 5.10 Å². The van der Waals surface area contributed by atoms with Gasteiger partial charge in [-0.3, -0.25) is 5.43 Å². The molecule has 0 radical (unpaired) electrons. The zero-order valence-electron chi connectivity index (χ0n) is 11.0. The minimum absolute atomic E-state index is 0.780. The van der Waals surface area contributed by atoms with Crippen LogP contribution < -0.4 is 5.43 Å². The summed E-state index contributed by atoms with van der Waals surface area (Å²) in [4.78, 5) is 4.51. The van der Waals surface area contributed by atoms with E-state index in [4.69, 9.17) is 0 Å². The number of rotatable bonds is 4. The van der Waals surface area contributed by atoms with Crippen LogP contribution in [0.2, 0.25) is 0 Å². The number of hydrazone groups is 1. The van der Waals surface area contributed by atoms with E-state index in [9.17, 15) is 0 Å². The standard InChI is InChI=1S/C16H12BrN3S/c17-14-8-6-12(7-9-14)10-18-20-16-19-15(11-21-16)13-4-2-1-3-5-13/h1-11H,(H,19,20)/b18-10-. The van der Waals surface area contributed by atoms with Gasteiger partial charge in [0.2, 0.25) is 5.13 Å². The van der Waals surface area contributed by atoms with Gasteiger partial charge in [0.1, 0.15) is 0 Å². The molecule has 0 bridgehead atoms. The number of nitrogens with zero attached hydrogens (tertiary/aromatic N) is 2. The van der Waals surface area contributed by atoms with E-state index in [1.54, 1.807) is 6.21 Å². The van der Waals surface area contributed by atoms with Gasteiger partial charge in [-0.15, -0.1) is 11.3 Å². The molecule has 3 nitrogen and oxygen atoms in total. The first-order valence-corrected chi connectivity index (χ1v) is 8.04. The summed E-state index contributed by atoms with van der Waals surface area (Å²) in [5.41, 5.74) is 6.07. The van der Waals surface area contributed by atoms with Crippen molar-refractivity contribution in [2.24, 2.45) is 5.10 Å². The SMILES string of the molecule is Brc1ccc(/C=N\Nc2nc(-c3ccccc3)cs2)cc1. The van der Waals surface area contributed by atoms with Crippen molar-refractivity contribution in [3.05, 3.63) is 70.0 Å². The Kier molecular flexibility index (Phi) is 4.43. The molecule has 0 spiro atoms. The van der Waals surface area contributed by atoms with Crippen molar-refractivity contribution in [3.63, 3.8) is 0 Å². The number of aromatic nitrogens is 1. The second kappa shape index (κ2) is 6.65. The summed E-state index contributed by atoms with van der Waals surface area (Å²) < 4.78 is 1.06. The van der Waals surface area contributed by atoms with E-state index in [0.717, 1.165) is 26.4 Å². The number of benzene rings is 2. The van der Waals surface area contributed by atoms with Crippen LogP contribution in [0.25, 0.3) is 11.3 Å². The first-order valence-electron chi connectivity index (χ1n) is 6.37. The van der Waals surface area contributed by atoms with Crippen molar-refractivity contribution >= 4 is 38.6 Å². The largest absolute Gasteiger partial charge is 0.253 e. The summed E-state index contributed by atoms with van der Waals surface area (Å²) in [6.07, 6.45) is 1.77. The van der Waals surface area contributed by atoms with Gasteiger partial charge < -0.3 is 0 Å². The van der Waals surface area contributed by atoms with E-state index in [0.29, 0.717) is 0 Å². The van der Waals surface area contributed by atoms with Gasteiger partial charge in [0.05, 0.1) is 11.9 Å². The average Bonchev–Trinajstić information content (AvgIpc) is 2.99. The molecule has 0 aliphatic carbocycles. The fourth-order valence-electron chi connectivity index (χ4n) is 1.78. The molecule has 0 saturated heterocycles. The lowest BCUT2D eigenvalue weighted by molar-refractivity contribution is 1.29. The summed E-state index contributed by atoms with van der Waals surface area (Å²) in [5, 5.41) is 7.01. The van der Waals surface area contributed by atoms with Crippen LogP contribution >= 0.6 is 27.3 Å². The van der Waals surface area contributed by atoms with E-state index >= 15 is 0 Å². The van der Waals surface area contributed by atoms with Crippen molar-refractivity contribution in [1.29, 1.82) is 0 Å². The molecule has 3 aromatic rings. The third kappa shape index (κ3) is 3.77. The van der Waals surface area contributed by atoms with E-state index in [1.165, 1.54) is 11.3 Å². The molecule has 0 aliphatic heterocycles. The smallest absolute Gasteiger partial charge is 0.203 e. The Morgan fingerprint density at radius 1 is 1.05 bits per heavy atom. The minimum Gasteiger partial charge on any atom is -0.253 e. The Balaban J connectivity index is 1.66. The van der Waals surface area contributed by atoms with Crippen LogP contribution in [0.3, 0.4) is 0 Å². The highest BCUT2D eigenvalue weighted by Gasteiger charge is 2.02. The molecule has 21 heavy (non-hydrogen) atoms. The lowest BCUT2D eigenvalue weighted by Gasteiger charge is -1.96. The predicted molar refractivity (Wildman–Crippen MR) is 92.9 cm³/mol. The Bertz CT molecular complexity index is 736. The van der Waals surface area contributed by atoms with Crippen molar-refractivity contribution < 1.29 is 0 Å². The maximum atomic E-state index is 4.51. The fraction of sp³-hybridized carbons (Fsp3) is 0. The molecule has 0 fully saturated rings. The zero-order valence-corrected chi connectivity index (χ0v) is 13.4. The molecule has 0 amide bonds. The van der Waals surface area contributed by atoms with Crippen molar-refractivity contribution in [3.8, 4) is 11.3 Å². The number of hydrogen-bond acceptors (Lipinski definition) is 4. The zero-order chi connectivity index (χ0) is 14.5. The Hall–Kier alpha value is -1.98. The second-order valence-electron chi connectivity index (χ2n) is 4.33. The topological polar surface area (TPSA) is 37.3 Å². The molecule has 3 rings (SSSR count). The molecule has 5 heteroatoms. The molecule has 104 valence electrons. The van der Waals surface area contributed by atoms with Gasteiger partial charge in [-0.25, -0.2) is 4.98 Å². The van der Waals surface area contributed by atoms with E-state index in [-0.39, 0.29) is 0 Å². The van der Waals surface area contributed by atoms with Crippen LogP contribution in [0.1, 0.15) is 5.56 Å². The molecule has 2 aromatic carbocycles. The average molecular weight is 358 g/mol. The first-order chi connectivity index (χ1) is 10.3. The second-order valence-corrected chi connectivity index (χ2v) is 6.10. The highest BCUT2D eigenvalue weighted by atomic mass is 79.9. The summed E-state index contributed by atoms with van der Waals surface area (Å²) in [7, 11) is 0. The number of hydrogen-bond donors (Lipinski definition) is 1. The van der Waals surface area contributed by atoms with E-state index in [2.05, 4.69) is 31.4 Å². The molecule has 1 aromatic heterocycles. The molecule has 0 aliphatic rings. The summed E-state index contributed by atoms with van der Waals surface area (Å²) in [5.74, 6) is 0. The molecular weight excluding hydrogens is 346 g/mol. The molecule has 0 atom stereocenters. The monoisotopic (exact) mass is 357 g/mol.